The molecule has 3 amide bonds. The summed E-state index contributed by atoms with van der Waals surface area (Å²) >= 11 is 1.75. The number of nitrogens with one attached hydrogen (secondary N) is 1. The highest BCUT2D eigenvalue weighted by Gasteiger charge is 2.22. The van der Waals surface area contributed by atoms with E-state index in [2.05, 4.69) is 16.8 Å². The topological polar surface area (TPSA) is 52.7 Å². The van der Waals surface area contributed by atoms with Crippen molar-refractivity contribution in [2.24, 2.45) is 0 Å². The van der Waals surface area contributed by atoms with Crippen LogP contribution < -0.4 is 5.32 Å². The number of nitrogens with zero attached hydrogens (tertiary/aromatic N) is 2. The van der Waals surface area contributed by atoms with Gasteiger partial charge in [0.25, 0.3) is 0 Å². The van der Waals surface area contributed by atoms with E-state index in [1.165, 1.54) is 10.4 Å². The number of carbonyl (C=O) groups is 2. The lowest BCUT2D eigenvalue weighted by molar-refractivity contribution is -0.127. The second kappa shape index (κ2) is 7.05. The Bertz CT molecular complexity index is 754. The molecular weight excluding hydrogens is 322 g/mol. The summed E-state index contributed by atoms with van der Waals surface area (Å²) in [5.41, 5.74) is 2.77. The van der Waals surface area contributed by atoms with Gasteiger partial charge in [0.15, 0.2) is 0 Å². The van der Waals surface area contributed by atoms with Crippen LogP contribution in [0.2, 0.25) is 0 Å². The van der Waals surface area contributed by atoms with Crippen LogP contribution in [0.25, 0.3) is 0 Å². The van der Waals surface area contributed by atoms with E-state index in [0.717, 1.165) is 18.5 Å². The number of thiophene rings is 1. The number of fused-ring (bicyclic) bond motifs is 1. The predicted octanol–water partition coefficient (Wildman–Crippen LogP) is 2.97. The van der Waals surface area contributed by atoms with E-state index in [9.17, 15) is 9.59 Å². The van der Waals surface area contributed by atoms with Gasteiger partial charge in [-0.25, -0.2) is 4.79 Å². The number of anilines is 1. The molecule has 2 aromatic rings. The van der Waals surface area contributed by atoms with E-state index in [0.29, 0.717) is 12.2 Å². The molecule has 2 heterocycles. The van der Waals surface area contributed by atoms with Gasteiger partial charge in [-0.15, -0.1) is 11.3 Å². The Morgan fingerprint density at radius 2 is 2.04 bits per heavy atom. The average Bonchev–Trinajstić information content (AvgIpc) is 3.04. The van der Waals surface area contributed by atoms with Crippen LogP contribution in [-0.2, 0) is 24.2 Å². The number of hydrogen-bond donors (Lipinski definition) is 1. The number of carbonyl (C=O) groups excluding carboxylic acids is 2. The Morgan fingerprint density at radius 1 is 1.25 bits per heavy atom. The number of rotatable bonds is 3. The van der Waals surface area contributed by atoms with Crippen molar-refractivity contribution >= 4 is 29.0 Å². The molecule has 5 nitrogen and oxygen atoms in total. The zero-order valence-electron chi connectivity index (χ0n) is 13.9. The van der Waals surface area contributed by atoms with E-state index in [1.54, 1.807) is 30.3 Å². The van der Waals surface area contributed by atoms with Crippen LogP contribution in [0, 0.1) is 0 Å². The van der Waals surface area contributed by atoms with Crippen molar-refractivity contribution in [3.05, 3.63) is 51.7 Å². The Hall–Kier alpha value is -2.34. The SMILES string of the molecule is CN(C)C(=O)Cc1ccccc1NC(=O)N1CCc2sccc2C1. The molecule has 24 heavy (non-hydrogen) atoms. The second-order valence-electron chi connectivity index (χ2n) is 6.09. The summed E-state index contributed by atoms with van der Waals surface area (Å²) in [7, 11) is 3.46. The summed E-state index contributed by atoms with van der Waals surface area (Å²) in [4.78, 5) is 29.3. The minimum absolute atomic E-state index is 0.0117. The fourth-order valence-electron chi connectivity index (χ4n) is 2.73. The molecule has 0 saturated heterocycles. The van der Waals surface area contributed by atoms with Crippen LogP contribution in [-0.4, -0.2) is 42.4 Å². The lowest BCUT2D eigenvalue weighted by Gasteiger charge is -2.27. The Morgan fingerprint density at radius 3 is 2.83 bits per heavy atom. The Kier molecular flexibility index (Phi) is 4.85. The maximum Gasteiger partial charge on any atom is 0.322 e. The third-order valence-electron chi connectivity index (χ3n) is 4.19. The van der Waals surface area contributed by atoms with E-state index >= 15 is 0 Å². The number of para-hydroxylation sites is 1. The molecule has 0 fully saturated rings. The summed E-state index contributed by atoms with van der Waals surface area (Å²) in [5.74, 6) is 0.0117. The number of benzene rings is 1. The van der Waals surface area contributed by atoms with Crippen molar-refractivity contribution in [1.29, 1.82) is 0 Å². The van der Waals surface area contributed by atoms with Gasteiger partial charge in [-0.05, 0) is 35.1 Å². The zero-order chi connectivity index (χ0) is 17.1. The van der Waals surface area contributed by atoms with Crippen molar-refractivity contribution in [2.45, 2.75) is 19.4 Å². The van der Waals surface area contributed by atoms with Gasteiger partial charge >= 0.3 is 6.03 Å². The third kappa shape index (κ3) is 3.59. The minimum Gasteiger partial charge on any atom is -0.349 e. The summed E-state index contributed by atoms with van der Waals surface area (Å²) in [6.45, 7) is 1.36. The standard InChI is InChI=1S/C18H21N3O2S/c1-20(2)17(22)11-13-5-3-4-6-15(13)19-18(23)21-9-7-16-14(12-21)8-10-24-16/h3-6,8,10H,7,9,11-12H2,1-2H3,(H,19,23). The first kappa shape index (κ1) is 16.5. The fraction of sp³-hybridized carbons (Fsp3) is 0.333. The van der Waals surface area contributed by atoms with E-state index in [-0.39, 0.29) is 18.4 Å². The number of amides is 3. The second-order valence-corrected chi connectivity index (χ2v) is 7.09. The third-order valence-corrected chi connectivity index (χ3v) is 5.22. The molecular formula is C18H21N3O2S. The lowest BCUT2D eigenvalue weighted by Crippen LogP contribution is -2.38. The molecule has 1 aliphatic rings. The fourth-order valence-corrected chi connectivity index (χ4v) is 3.62. The normalized spacial score (nSPS) is 13.3. The molecule has 0 unspecified atom stereocenters. The molecule has 0 radical (unpaired) electrons. The highest BCUT2D eigenvalue weighted by Crippen LogP contribution is 2.25. The smallest absolute Gasteiger partial charge is 0.322 e. The summed E-state index contributed by atoms with van der Waals surface area (Å²) in [5, 5.41) is 5.04. The zero-order valence-corrected chi connectivity index (χ0v) is 14.7. The summed E-state index contributed by atoms with van der Waals surface area (Å²) in [6, 6.07) is 9.44. The molecule has 1 N–H and O–H groups in total. The minimum atomic E-state index is -0.114. The predicted molar refractivity (Wildman–Crippen MR) is 96.3 cm³/mol. The molecule has 1 aliphatic heterocycles. The van der Waals surface area contributed by atoms with Crippen LogP contribution >= 0.6 is 11.3 Å². The molecule has 0 saturated carbocycles. The van der Waals surface area contributed by atoms with E-state index in [1.807, 2.05) is 29.2 Å². The van der Waals surface area contributed by atoms with E-state index < -0.39 is 0 Å². The van der Waals surface area contributed by atoms with Gasteiger partial charge in [0.05, 0.1) is 6.42 Å². The van der Waals surface area contributed by atoms with Crippen LogP contribution in [0.4, 0.5) is 10.5 Å². The molecule has 0 spiro atoms. The van der Waals surface area contributed by atoms with Gasteiger partial charge in [-0.1, -0.05) is 18.2 Å². The first-order valence-electron chi connectivity index (χ1n) is 7.94. The van der Waals surface area contributed by atoms with Crippen LogP contribution in [0.3, 0.4) is 0 Å². The highest BCUT2D eigenvalue weighted by atomic mass is 32.1. The molecule has 1 aromatic carbocycles. The van der Waals surface area contributed by atoms with Gasteiger partial charge < -0.3 is 15.1 Å². The number of likely N-dealkylation sites (N-methyl/N-ethyl adjacent to an activating group) is 1. The van der Waals surface area contributed by atoms with Crippen molar-refractivity contribution in [3.8, 4) is 0 Å². The Labute approximate surface area is 145 Å². The van der Waals surface area contributed by atoms with E-state index in [4.69, 9.17) is 0 Å². The maximum atomic E-state index is 12.6. The van der Waals surface area contributed by atoms with Gasteiger partial charge in [0.1, 0.15) is 0 Å². The van der Waals surface area contributed by atoms with Crippen molar-refractivity contribution in [2.75, 3.05) is 26.0 Å². The molecule has 6 heteroatoms. The van der Waals surface area contributed by atoms with Crippen molar-refractivity contribution < 1.29 is 9.59 Å². The lowest BCUT2D eigenvalue weighted by atomic mass is 10.1. The van der Waals surface area contributed by atoms with Gasteiger partial charge in [0.2, 0.25) is 5.91 Å². The van der Waals surface area contributed by atoms with Gasteiger partial charge in [-0.3, -0.25) is 4.79 Å². The average molecular weight is 343 g/mol. The highest BCUT2D eigenvalue weighted by molar-refractivity contribution is 7.10. The molecule has 0 atom stereocenters. The van der Waals surface area contributed by atoms with Crippen molar-refractivity contribution in [1.82, 2.24) is 9.80 Å². The largest absolute Gasteiger partial charge is 0.349 e. The van der Waals surface area contributed by atoms with Crippen LogP contribution in [0.15, 0.2) is 35.7 Å². The number of hydrogen-bond acceptors (Lipinski definition) is 3. The van der Waals surface area contributed by atoms with Gasteiger partial charge in [-0.2, -0.15) is 0 Å². The Balaban J connectivity index is 1.70. The quantitative estimate of drug-likeness (QED) is 0.931. The monoisotopic (exact) mass is 343 g/mol. The molecule has 0 bridgehead atoms. The first-order valence-corrected chi connectivity index (χ1v) is 8.82. The van der Waals surface area contributed by atoms with Crippen LogP contribution in [0.1, 0.15) is 16.0 Å². The first-order chi connectivity index (χ1) is 11.5. The summed E-state index contributed by atoms with van der Waals surface area (Å²) in [6.07, 6.45) is 1.18. The maximum absolute atomic E-state index is 12.6. The number of urea groups is 1. The molecule has 1 aromatic heterocycles. The van der Waals surface area contributed by atoms with Crippen molar-refractivity contribution in [3.63, 3.8) is 0 Å². The molecule has 0 aliphatic carbocycles. The van der Waals surface area contributed by atoms with Gasteiger partial charge in [0, 0.05) is 37.7 Å². The van der Waals surface area contributed by atoms with Crippen LogP contribution in [0.5, 0.6) is 0 Å². The molecule has 126 valence electrons. The molecule has 3 rings (SSSR count). The summed E-state index contributed by atoms with van der Waals surface area (Å²) < 4.78 is 0.